The lowest BCUT2D eigenvalue weighted by molar-refractivity contribution is 0.185. The fourth-order valence-electron chi connectivity index (χ4n) is 3.62. The van der Waals surface area contributed by atoms with E-state index in [9.17, 15) is 10.1 Å². The maximum absolute atomic E-state index is 13.4. The van der Waals surface area contributed by atoms with Crippen molar-refractivity contribution in [1.29, 1.82) is 5.26 Å². The first-order valence-electron chi connectivity index (χ1n) is 9.58. The molecule has 2 heterocycles. The highest BCUT2D eigenvalue weighted by Gasteiger charge is 2.34. The molecule has 1 aliphatic rings. The third kappa shape index (κ3) is 3.72. The van der Waals surface area contributed by atoms with Crippen LogP contribution in [-0.4, -0.2) is 32.0 Å². The number of methoxy groups -OCH3 is 2. The second-order valence-corrected chi connectivity index (χ2v) is 6.78. The molecule has 2 N–H and O–H groups in total. The van der Waals surface area contributed by atoms with Gasteiger partial charge in [-0.05, 0) is 31.5 Å². The SMILES string of the molecule is CCOc1ccc([C@H]2C(C#N)=C(N)Oc3cc(C)n(CCOC)c(=O)c32)cc1OC. The summed E-state index contributed by atoms with van der Waals surface area (Å²) in [4.78, 5) is 13.4. The van der Waals surface area contributed by atoms with Crippen molar-refractivity contribution >= 4 is 0 Å². The molecule has 2 aromatic rings. The number of benzene rings is 1. The summed E-state index contributed by atoms with van der Waals surface area (Å²) in [5.74, 6) is 0.722. The second-order valence-electron chi connectivity index (χ2n) is 6.78. The van der Waals surface area contributed by atoms with Gasteiger partial charge in [0.1, 0.15) is 17.4 Å². The Labute approximate surface area is 175 Å². The number of aromatic nitrogens is 1. The summed E-state index contributed by atoms with van der Waals surface area (Å²) < 4.78 is 23.4. The summed E-state index contributed by atoms with van der Waals surface area (Å²) in [5.41, 5.74) is 7.72. The molecular weight excluding hydrogens is 386 g/mol. The van der Waals surface area contributed by atoms with Gasteiger partial charge in [-0.2, -0.15) is 5.26 Å². The molecule has 1 aromatic carbocycles. The molecule has 0 amide bonds. The van der Waals surface area contributed by atoms with E-state index in [4.69, 9.17) is 24.7 Å². The summed E-state index contributed by atoms with van der Waals surface area (Å²) in [6, 6.07) is 9.19. The van der Waals surface area contributed by atoms with Crippen LogP contribution in [0.4, 0.5) is 0 Å². The predicted octanol–water partition coefficient (Wildman–Crippen LogP) is 2.43. The number of ether oxygens (including phenoxy) is 4. The minimum atomic E-state index is -0.690. The molecule has 30 heavy (non-hydrogen) atoms. The van der Waals surface area contributed by atoms with Crippen molar-refractivity contribution in [1.82, 2.24) is 4.57 Å². The third-order valence-corrected chi connectivity index (χ3v) is 5.03. The molecule has 0 aliphatic carbocycles. The van der Waals surface area contributed by atoms with Crippen LogP contribution in [0, 0.1) is 18.3 Å². The number of aryl methyl sites for hydroxylation is 1. The predicted molar refractivity (Wildman–Crippen MR) is 111 cm³/mol. The molecule has 0 spiro atoms. The number of nitrogens with zero attached hydrogens (tertiary/aromatic N) is 2. The van der Waals surface area contributed by atoms with Crippen molar-refractivity contribution in [2.75, 3.05) is 27.4 Å². The van der Waals surface area contributed by atoms with Crippen LogP contribution < -0.4 is 25.5 Å². The van der Waals surface area contributed by atoms with Gasteiger partial charge in [-0.3, -0.25) is 4.79 Å². The van der Waals surface area contributed by atoms with Gasteiger partial charge in [0.2, 0.25) is 5.88 Å². The Balaban J connectivity index is 2.24. The molecule has 158 valence electrons. The van der Waals surface area contributed by atoms with Crippen molar-refractivity contribution in [3.63, 3.8) is 0 Å². The zero-order chi connectivity index (χ0) is 21.8. The van der Waals surface area contributed by atoms with E-state index in [-0.39, 0.29) is 17.0 Å². The van der Waals surface area contributed by atoms with Gasteiger partial charge in [0.05, 0.1) is 31.8 Å². The van der Waals surface area contributed by atoms with Gasteiger partial charge in [-0.1, -0.05) is 6.07 Å². The minimum absolute atomic E-state index is 0.0173. The molecule has 0 radical (unpaired) electrons. The molecule has 1 aliphatic heterocycles. The lowest BCUT2D eigenvalue weighted by Gasteiger charge is -2.27. The zero-order valence-corrected chi connectivity index (χ0v) is 17.5. The Bertz CT molecular complexity index is 1080. The molecule has 1 atom stereocenters. The number of nitriles is 1. The largest absolute Gasteiger partial charge is 0.493 e. The van der Waals surface area contributed by atoms with E-state index in [0.717, 1.165) is 0 Å². The second kappa shape index (κ2) is 8.93. The van der Waals surface area contributed by atoms with Gasteiger partial charge in [0, 0.05) is 25.4 Å². The summed E-state index contributed by atoms with van der Waals surface area (Å²) in [6.45, 7) is 4.94. The molecule has 3 rings (SSSR count). The Morgan fingerprint density at radius 2 is 2.03 bits per heavy atom. The van der Waals surface area contributed by atoms with Gasteiger partial charge in [0.15, 0.2) is 11.5 Å². The first kappa shape index (κ1) is 21.3. The van der Waals surface area contributed by atoms with E-state index < -0.39 is 5.92 Å². The standard InChI is InChI=1S/C22H25N3O5/c1-5-29-16-7-6-14(11-17(16)28-4)19-15(12-23)21(24)30-18-10-13(2)25(8-9-27-3)22(26)20(18)19/h6-7,10-11,19H,5,8-9,24H2,1-4H3/t19-/m0/s1. The zero-order valence-electron chi connectivity index (χ0n) is 17.5. The molecule has 0 unspecified atom stereocenters. The summed E-state index contributed by atoms with van der Waals surface area (Å²) >= 11 is 0. The molecular formula is C22H25N3O5. The Morgan fingerprint density at radius 3 is 2.67 bits per heavy atom. The van der Waals surface area contributed by atoms with E-state index in [2.05, 4.69) is 6.07 Å². The normalized spacial score (nSPS) is 15.2. The maximum atomic E-state index is 13.4. The van der Waals surface area contributed by atoms with Crippen molar-refractivity contribution in [2.24, 2.45) is 5.73 Å². The van der Waals surface area contributed by atoms with Crippen LogP contribution in [0.1, 0.15) is 29.7 Å². The minimum Gasteiger partial charge on any atom is -0.493 e. The topological polar surface area (TPSA) is 109 Å². The van der Waals surface area contributed by atoms with Gasteiger partial charge >= 0.3 is 0 Å². The number of hydrogen-bond donors (Lipinski definition) is 1. The van der Waals surface area contributed by atoms with Crippen LogP contribution in [0.5, 0.6) is 17.2 Å². The highest BCUT2D eigenvalue weighted by atomic mass is 16.5. The molecule has 0 fully saturated rings. The number of nitrogens with two attached hydrogens (primary N) is 1. The van der Waals surface area contributed by atoms with Crippen molar-refractivity contribution in [3.05, 3.63) is 62.9 Å². The molecule has 8 heteroatoms. The molecule has 8 nitrogen and oxygen atoms in total. The average Bonchev–Trinajstić information content (AvgIpc) is 2.73. The van der Waals surface area contributed by atoms with Crippen LogP contribution in [0.25, 0.3) is 0 Å². The fraction of sp³-hybridized carbons (Fsp3) is 0.364. The van der Waals surface area contributed by atoms with Crippen molar-refractivity contribution in [2.45, 2.75) is 26.3 Å². The van der Waals surface area contributed by atoms with Crippen LogP contribution in [0.15, 0.2) is 40.5 Å². The summed E-state index contributed by atoms with van der Waals surface area (Å²) in [5, 5.41) is 9.79. The van der Waals surface area contributed by atoms with Gasteiger partial charge < -0.3 is 29.2 Å². The number of pyridine rings is 1. The quantitative estimate of drug-likeness (QED) is 0.745. The molecule has 0 saturated carbocycles. The number of fused-ring (bicyclic) bond motifs is 1. The van der Waals surface area contributed by atoms with Gasteiger partial charge in [-0.25, -0.2) is 0 Å². The number of hydrogen-bond acceptors (Lipinski definition) is 7. The van der Waals surface area contributed by atoms with Crippen LogP contribution in [0.3, 0.4) is 0 Å². The van der Waals surface area contributed by atoms with E-state index in [1.165, 1.54) is 7.11 Å². The average molecular weight is 411 g/mol. The number of rotatable bonds is 7. The molecule has 0 saturated heterocycles. The summed E-state index contributed by atoms with van der Waals surface area (Å²) in [7, 11) is 3.12. The Morgan fingerprint density at radius 1 is 1.27 bits per heavy atom. The van der Waals surface area contributed by atoms with Gasteiger partial charge in [0.25, 0.3) is 5.56 Å². The number of allylic oxidation sites excluding steroid dienone is 1. The van der Waals surface area contributed by atoms with Crippen molar-refractivity contribution < 1.29 is 18.9 Å². The van der Waals surface area contributed by atoms with Crippen molar-refractivity contribution in [3.8, 4) is 23.3 Å². The monoisotopic (exact) mass is 411 g/mol. The van der Waals surface area contributed by atoms with E-state index in [0.29, 0.717) is 53.8 Å². The highest BCUT2D eigenvalue weighted by molar-refractivity contribution is 5.57. The van der Waals surface area contributed by atoms with Crippen LogP contribution >= 0.6 is 0 Å². The first-order chi connectivity index (χ1) is 14.5. The lowest BCUT2D eigenvalue weighted by atomic mass is 9.84. The summed E-state index contributed by atoms with van der Waals surface area (Å²) in [6.07, 6.45) is 0. The highest BCUT2D eigenvalue weighted by Crippen LogP contribution is 2.42. The smallest absolute Gasteiger partial charge is 0.258 e. The van der Waals surface area contributed by atoms with E-state index in [1.54, 1.807) is 35.9 Å². The third-order valence-electron chi connectivity index (χ3n) is 5.03. The molecule has 1 aromatic heterocycles. The van der Waals surface area contributed by atoms with Crippen LogP contribution in [-0.2, 0) is 11.3 Å². The maximum Gasteiger partial charge on any atom is 0.258 e. The Hall–Kier alpha value is -3.44. The van der Waals surface area contributed by atoms with E-state index in [1.807, 2.05) is 13.8 Å². The van der Waals surface area contributed by atoms with Gasteiger partial charge in [-0.15, -0.1) is 0 Å². The molecule has 0 bridgehead atoms. The first-order valence-corrected chi connectivity index (χ1v) is 9.58. The lowest BCUT2D eigenvalue weighted by Crippen LogP contribution is -2.33. The fourth-order valence-corrected chi connectivity index (χ4v) is 3.62. The van der Waals surface area contributed by atoms with Crippen LogP contribution in [0.2, 0.25) is 0 Å². The van der Waals surface area contributed by atoms with E-state index >= 15 is 0 Å². The Kier molecular flexibility index (Phi) is 6.33.